The maximum atomic E-state index is 11.5. The summed E-state index contributed by atoms with van der Waals surface area (Å²) in [5.74, 6) is -1.57. The zero-order valence-corrected chi connectivity index (χ0v) is 10.7. The van der Waals surface area contributed by atoms with Crippen molar-refractivity contribution in [1.82, 2.24) is 5.32 Å². The van der Waals surface area contributed by atoms with Crippen molar-refractivity contribution in [1.29, 1.82) is 0 Å². The van der Waals surface area contributed by atoms with Gasteiger partial charge in [0, 0.05) is 6.07 Å². The molecule has 0 heterocycles. The minimum atomic E-state index is -1.13. The molecule has 8 heteroatoms. The van der Waals surface area contributed by atoms with E-state index in [0.717, 1.165) is 0 Å². The molecule has 0 radical (unpaired) electrons. The van der Waals surface area contributed by atoms with E-state index >= 15 is 0 Å². The number of rotatable bonds is 7. The average Bonchev–Trinajstić information content (AvgIpc) is 2.42. The molecule has 1 aromatic carbocycles. The number of hydrogen-bond donors (Lipinski definition) is 2. The van der Waals surface area contributed by atoms with E-state index in [1.54, 1.807) is 6.92 Å². The third kappa shape index (κ3) is 4.56. The molecule has 0 spiro atoms. The number of hydrogen-bond acceptors (Lipinski definition) is 5. The molecule has 0 saturated carbocycles. The van der Waals surface area contributed by atoms with Crippen LogP contribution in [0.2, 0.25) is 0 Å². The molecule has 0 aliphatic heterocycles. The summed E-state index contributed by atoms with van der Waals surface area (Å²) in [5, 5.41) is 21.6. The Labute approximate surface area is 114 Å². The minimum absolute atomic E-state index is 0.153. The molecule has 0 bridgehead atoms. The van der Waals surface area contributed by atoms with Gasteiger partial charge >= 0.3 is 5.97 Å². The molecular formula is C12H14N2O6. The predicted octanol–water partition coefficient (Wildman–Crippen LogP) is 0.953. The summed E-state index contributed by atoms with van der Waals surface area (Å²) in [7, 11) is 0. The molecule has 0 aliphatic rings. The van der Waals surface area contributed by atoms with Gasteiger partial charge in [-0.15, -0.1) is 0 Å². The average molecular weight is 282 g/mol. The highest BCUT2D eigenvalue weighted by Crippen LogP contribution is 2.18. The number of carboxylic acid groups (broad SMARTS) is 1. The fourth-order valence-corrected chi connectivity index (χ4v) is 1.41. The van der Waals surface area contributed by atoms with E-state index in [4.69, 9.17) is 9.84 Å². The van der Waals surface area contributed by atoms with E-state index in [-0.39, 0.29) is 17.9 Å². The topological polar surface area (TPSA) is 119 Å². The number of aliphatic carboxylic acids is 1. The first-order valence-corrected chi connectivity index (χ1v) is 5.83. The van der Waals surface area contributed by atoms with E-state index < -0.39 is 29.4 Å². The van der Waals surface area contributed by atoms with E-state index in [2.05, 4.69) is 5.32 Å². The molecule has 0 unspecified atom stereocenters. The van der Waals surface area contributed by atoms with Gasteiger partial charge in [0.2, 0.25) is 0 Å². The lowest BCUT2D eigenvalue weighted by atomic mass is 10.2. The predicted molar refractivity (Wildman–Crippen MR) is 68.4 cm³/mol. The first kappa shape index (κ1) is 15.4. The molecular weight excluding hydrogens is 268 g/mol. The van der Waals surface area contributed by atoms with Crippen LogP contribution in [0.5, 0.6) is 5.75 Å². The van der Waals surface area contributed by atoms with Gasteiger partial charge in [-0.2, -0.15) is 0 Å². The van der Waals surface area contributed by atoms with Crippen LogP contribution in [0.25, 0.3) is 0 Å². The molecule has 1 aromatic rings. The first-order valence-electron chi connectivity index (χ1n) is 5.83. The van der Waals surface area contributed by atoms with E-state index in [1.165, 1.54) is 24.3 Å². The monoisotopic (exact) mass is 282 g/mol. The van der Waals surface area contributed by atoms with Gasteiger partial charge < -0.3 is 15.2 Å². The van der Waals surface area contributed by atoms with Crippen molar-refractivity contribution in [2.24, 2.45) is 0 Å². The van der Waals surface area contributed by atoms with E-state index in [1.807, 2.05) is 0 Å². The number of nitro benzene ring substituents is 1. The van der Waals surface area contributed by atoms with Crippen LogP contribution >= 0.6 is 0 Å². The number of nitro groups is 1. The summed E-state index contributed by atoms with van der Waals surface area (Å²) in [6.45, 7) is 1.21. The van der Waals surface area contributed by atoms with Crippen LogP contribution in [0.1, 0.15) is 13.3 Å². The van der Waals surface area contributed by atoms with Crippen molar-refractivity contribution in [3.63, 3.8) is 0 Å². The fraction of sp³-hybridized carbons (Fsp3) is 0.333. The van der Waals surface area contributed by atoms with Crippen molar-refractivity contribution in [3.05, 3.63) is 34.4 Å². The number of non-ortho nitro benzene ring substituents is 1. The highest BCUT2D eigenvalue weighted by Gasteiger charge is 2.17. The highest BCUT2D eigenvalue weighted by atomic mass is 16.6. The Kier molecular flexibility index (Phi) is 5.45. The summed E-state index contributed by atoms with van der Waals surface area (Å²) in [6.07, 6.45) is 0.248. The number of carbonyl (C=O) groups is 2. The molecule has 0 saturated heterocycles. The second-order valence-corrected chi connectivity index (χ2v) is 3.91. The Hall–Kier alpha value is -2.64. The van der Waals surface area contributed by atoms with Crippen LogP contribution in [-0.2, 0) is 9.59 Å². The summed E-state index contributed by atoms with van der Waals surface area (Å²) in [5.41, 5.74) is -0.153. The Balaban J connectivity index is 2.54. The summed E-state index contributed by atoms with van der Waals surface area (Å²) in [4.78, 5) is 32.2. The van der Waals surface area contributed by atoms with Gasteiger partial charge in [0.15, 0.2) is 6.61 Å². The molecule has 1 rings (SSSR count). The lowest BCUT2D eigenvalue weighted by Gasteiger charge is -2.12. The lowest BCUT2D eigenvalue weighted by molar-refractivity contribution is -0.384. The zero-order valence-electron chi connectivity index (χ0n) is 10.7. The molecule has 20 heavy (non-hydrogen) atoms. The largest absolute Gasteiger partial charge is 0.484 e. The third-order valence-electron chi connectivity index (χ3n) is 2.44. The summed E-state index contributed by atoms with van der Waals surface area (Å²) >= 11 is 0. The van der Waals surface area contributed by atoms with Crippen molar-refractivity contribution < 1.29 is 24.4 Å². The van der Waals surface area contributed by atoms with Crippen molar-refractivity contribution in [3.8, 4) is 5.75 Å². The van der Waals surface area contributed by atoms with Crippen molar-refractivity contribution >= 4 is 17.6 Å². The zero-order chi connectivity index (χ0) is 15.1. The van der Waals surface area contributed by atoms with Gasteiger partial charge in [-0.3, -0.25) is 14.9 Å². The SMILES string of the molecule is CC[C@@H](NC(=O)COc1cccc([N+](=O)[O-])c1)C(=O)O. The number of ether oxygens (including phenoxy) is 1. The number of amides is 1. The number of carbonyl (C=O) groups excluding carboxylic acids is 1. The normalized spacial score (nSPS) is 11.4. The number of nitrogens with zero attached hydrogens (tertiary/aromatic N) is 1. The Morgan fingerprint density at radius 2 is 2.20 bits per heavy atom. The molecule has 0 fully saturated rings. The second-order valence-electron chi connectivity index (χ2n) is 3.91. The van der Waals surface area contributed by atoms with Crippen molar-refractivity contribution in [2.45, 2.75) is 19.4 Å². The van der Waals surface area contributed by atoms with Gasteiger partial charge in [0.05, 0.1) is 11.0 Å². The number of nitrogens with one attached hydrogen (secondary N) is 1. The highest BCUT2D eigenvalue weighted by molar-refractivity contribution is 5.84. The molecule has 1 atom stereocenters. The minimum Gasteiger partial charge on any atom is -0.484 e. The van der Waals surface area contributed by atoms with Crippen LogP contribution in [-0.4, -0.2) is 34.6 Å². The molecule has 1 amide bonds. The van der Waals surface area contributed by atoms with Crippen molar-refractivity contribution in [2.75, 3.05) is 6.61 Å². The summed E-state index contributed by atoms with van der Waals surface area (Å²) in [6, 6.07) is 4.40. The number of carboxylic acids is 1. The standard InChI is InChI=1S/C12H14N2O6/c1-2-10(12(16)17)13-11(15)7-20-9-5-3-4-8(6-9)14(18)19/h3-6,10H,2,7H2,1H3,(H,13,15)(H,16,17)/t10-/m1/s1. The number of benzene rings is 1. The third-order valence-corrected chi connectivity index (χ3v) is 2.44. The van der Waals surface area contributed by atoms with Crippen LogP contribution in [0.3, 0.4) is 0 Å². The quantitative estimate of drug-likeness (QED) is 0.567. The molecule has 8 nitrogen and oxygen atoms in total. The Morgan fingerprint density at radius 3 is 2.75 bits per heavy atom. The van der Waals surface area contributed by atoms with Gasteiger partial charge in [0.25, 0.3) is 11.6 Å². The smallest absolute Gasteiger partial charge is 0.326 e. The maximum Gasteiger partial charge on any atom is 0.326 e. The molecule has 2 N–H and O–H groups in total. The Bertz CT molecular complexity index is 516. The lowest BCUT2D eigenvalue weighted by Crippen LogP contribution is -2.42. The van der Waals surface area contributed by atoms with Crippen LogP contribution in [0.15, 0.2) is 24.3 Å². The molecule has 0 aromatic heterocycles. The first-order chi connectivity index (χ1) is 9.43. The van der Waals surface area contributed by atoms with Crippen LogP contribution in [0.4, 0.5) is 5.69 Å². The van der Waals surface area contributed by atoms with Crippen LogP contribution in [0, 0.1) is 10.1 Å². The van der Waals surface area contributed by atoms with Gasteiger partial charge in [-0.25, -0.2) is 4.79 Å². The summed E-state index contributed by atoms with van der Waals surface area (Å²) < 4.78 is 5.07. The van der Waals surface area contributed by atoms with E-state index in [0.29, 0.717) is 0 Å². The molecule has 0 aliphatic carbocycles. The van der Waals surface area contributed by atoms with Gasteiger partial charge in [-0.1, -0.05) is 13.0 Å². The van der Waals surface area contributed by atoms with Gasteiger partial charge in [-0.05, 0) is 12.5 Å². The van der Waals surface area contributed by atoms with Gasteiger partial charge in [0.1, 0.15) is 11.8 Å². The maximum absolute atomic E-state index is 11.5. The Morgan fingerprint density at radius 1 is 1.50 bits per heavy atom. The fourth-order valence-electron chi connectivity index (χ4n) is 1.41. The second kappa shape index (κ2) is 7.07. The van der Waals surface area contributed by atoms with E-state index in [9.17, 15) is 19.7 Å². The van der Waals surface area contributed by atoms with Crippen LogP contribution < -0.4 is 10.1 Å². The molecule has 108 valence electrons.